The number of nitrogens with two attached hydrogens (primary N) is 1. The van der Waals surface area contributed by atoms with Crippen molar-refractivity contribution >= 4 is 36.5 Å². The van der Waals surface area contributed by atoms with E-state index in [1.807, 2.05) is 17.7 Å². The third-order valence-corrected chi connectivity index (χ3v) is 2.57. The molecule has 0 radical (unpaired) electrons. The van der Waals surface area contributed by atoms with Crippen LogP contribution >= 0.6 is 24.8 Å². The molecule has 0 aromatic carbocycles. The summed E-state index contributed by atoms with van der Waals surface area (Å²) in [6.07, 6.45) is 3.61. The standard InChI is InChI=1S/C12H15N5O.2ClH/c1-9-14-5-7-17(9)8-6-15-12(18)10-3-2-4-11(13)16-10;;/h2-5,7H,6,8H2,1H3,(H2,13,16)(H,15,18);2*1H. The fourth-order valence-corrected chi connectivity index (χ4v) is 1.60. The lowest BCUT2D eigenvalue weighted by molar-refractivity contribution is 0.0947. The smallest absolute Gasteiger partial charge is 0.270 e. The van der Waals surface area contributed by atoms with E-state index >= 15 is 0 Å². The van der Waals surface area contributed by atoms with Crippen molar-refractivity contribution in [2.24, 2.45) is 0 Å². The molecule has 0 bridgehead atoms. The molecule has 8 heteroatoms. The summed E-state index contributed by atoms with van der Waals surface area (Å²) in [7, 11) is 0. The average Bonchev–Trinajstić information content (AvgIpc) is 2.75. The van der Waals surface area contributed by atoms with Gasteiger partial charge in [-0.1, -0.05) is 6.07 Å². The van der Waals surface area contributed by atoms with Gasteiger partial charge in [-0.15, -0.1) is 24.8 Å². The van der Waals surface area contributed by atoms with Gasteiger partial charge in [0.2, 0.25) is 0 Å². The fraction of sp³-hybridized carbons (Fsp3) is 0.250. The molecule has 0 unspecified atom stereocenters. The molecule has 0 fully saturated rings. The number of amides is 1. The summed E-state index contributed by atoms with van der Waals surface area (Å²) in [5.41, 5.74) is 5.85. The van der Waals surface area contributed by atoms with Gasteiger partial charge in [0.15, 0.2) is 0 Å². The third-order valence-electron chi connectivity index (χ3n) is 2.57. The van der Waals surface area contributed by atoms with E-state index in [4.69, 9.17) is 5.73 Å². The van der Waals surface area contributed by atoms with Crippen molar-refractivity contribution in [2.75, 3.05) is 12.3 Å². The summed E-state index contributed by atoms with van der Waals surface area (Å²) in [4.78, 5) is 19.8. The number of nitrogens with zero attached hydrogens (tertiary/aromatic N) is 3. The molecular formula is C12H17Cl2N5O. The maximum atomic E-state index is 11.8. The van der Waals surface area contributed by atoms with Crippen molar-refractivity contribution in [3.05, 3.63) is 42.1 Å². The summed E-state index contributed by atoms with van der Waals surface area (Å²) >= 11 is 0. The number of aryl methyl sites for hydroxylation is 1. The first kappa shape index (κ1) is 18.2. The van der Waals surface area contributed by atoms with Gasteiger partial charge in [0.1, 0.15) is 17.3 Å². The van der Waals surface area contributed by atoms with Gasteiger partial charge in [0, 0.05) is 25.5 Å². The lowest BCUT2D eigenvalue weighted by Gasteiger charge is -2.07. The first-order valence-electron chi connectivity index (χ1n) is 5.65. The van der Waals surface area contributed by atoms with Gasteiger partial charge < -0.3 is 15.6 Å². The van der Waals surface area contributed by atoms with Crippen molar-refractivity contribution in [3.63, 3.8) is 0 Å². The minimum atomic E-state index is -0.222. The van der Waals surface area contributed by atoms with E-state index < -0.39 is 0 Å². The summed E-state index contributed by atoms with van der Waals surface area (Å²) in [6.45, 7) is 3.12. The Morgan fingerprint density at radius 3 is 2.75 bits per heavy atom. The zero-order chi connectivity index (χ0) is 13.0. The van der Waals surface area contributed by atoms with Gasteiger partial charge in [0.05, 0.1) is 0 Å². The number of halogens is 2. The van der Waals surface area contributed by atoms with E-state index in [-0.39, 0.29) is 30.7 Å². The molecule has 0 aliphatic carbocycles. The molecular weight excluding hydrogens is 301 g/mol. The molecule has 0 aliphatic heterocycles. The number of imidazole rings is 1. The third kappa shape index (κ3) is 4.71. The van der Waals surface area contributed by atoms with Crippen molar-refractivity contribution in [1.29, 1.82) is 0 Å². The normalized spacial score (nSPS) is 9.25. The van der Waals surface area contributed by atoms with Crippen molar-refractivity contribution in [3.8, 4) is 0 Å². The number of aromatic nitrogens is 3. The number of nitrogen functional groups attached to an aromatic ring is 1. The zero-order valence-corrected chi connectivity index (χ0v) is 12.6. The van der Waals surface area contributed by atoms with Crippen LogP contribution < -0.4 is 11.1 Å². The van der Waals surface area contributed by atoms with E-state index in [9.17, 15) is 4.79 Å². The molecule has 2 rings (SSSR count). The molecule has 0 aliphatic rings. The van der Waals surface area contributed by atoms with Crippen LogP contribution in [0.1, 0.15) is 16.3 Å². The molecule has 0 atom stereocenters. The van der Waals surface area contributed by atoms with E-state index in [2.05, 4.69) is 15.3 Å². The van der Waals surface area contributed by atoms with Crippen molar-refractivity contribution in [2.45, 2.75) is 13.5 Å². The molecule has 0 spiro atoms. The minimum absolute atomic E-state index is 0. The molecule has 2 heterocycles. The van der Waals surface area contributed by atoms with Crippen LogP contribution in [-0.4, -0.2) is 27.0 Å². The van der Waals surface area contributed by atoms with Crippen LogP contribution in [0.25, 0.3) is 0 Å². The van der Waals surface area contributed by atoms with Gasteiger partial charge in [0.25, 0.3) is 5.91 Å². The Labute approximate surface area is 129 Å². The van der Waals surface area contributed by atoms with Crippen LogP contribution in [0, 0.1) is 6.92 Å². The Bertz CT molecular complexity index is 558. The lowest BCUT2D eigenvalue weighted by atomic mass is 10.3. The Morgan fingerprint density at radius 2 is 2.15 bits per heavy atom. The highest BCUT2D eigenvalue weighted by Crippen LogP contribution is 2.00. The van der Waals surface area contributed by atoms with Crippen LogP contribution in [0.2, 0.25) is 0 Å². The first-order valence-corrected chi connectivity index (χ1v) is 5.65. The molecule has 2 aromatic heterocycles. The largest absolute Gasteiger partial charge is 0.384 e. The lowest BCUT2D eigenvalue weighted by Crippen LogP contribution is -2.28. The summed E-state index contributed by atoms with van der Waals surface area (Å²) in [6, 6.07) is 4.98. The summed E-state index contributed by atoms with van der Waals surface area (Å²) in [5.74, 6) is 1.04. The van der Waals surface area contributed by atoms with Crippen LogP contribution in [0.5, 0.6) is 0 Å². The average molecular weight is 318 g/mol. The topological polar surface area (TPSA) is 85.8 Å². The van der Waals surface area contributed by atoms with Gasteiger partial charge >= 0.3 is 0 Å². The molecule has 1 amide bonds. The molecule has 20 heavy (non-hydrogen) atoms. The fourth-order valence-electron chi connectivity index (χ4n) is 1.60. The number of carbonyl (C=O) groups is 1. The van der Waals surface area contributed by atoms with Gasteiger partial charge in [-0.25, -0.2) is 9.97 Å². The van der Waals surface area contributed by atoms with Crippen LogP contribution in [0.3, 0.4) is 0 Å². The Balaban J connectivity index is 0.00000180. The maximum absolute atomic E-state index is 11.8. The Hall–Kier alpha value is -1.79. The second kappa shape index (κ2) is 8.39. The quantitative estimate of drug-likeness (QED) is 0.893. The van der Waals surface area contributed by atoms with Crippen molar-refractivity contribution in [1.82, 2.24) is 19.9 Å². The highest BCUT2D eigenvalue weighted by atomic mass is 35.5. The highest BCUT2D eigenvalue weighted by molar-refractivity contribution is 5.92. The van der Waals surface area contributed by atoms with Crippen LogP contribution in [-0.2, 0) is 6.54 Å². The predicted octanol–water partition coefficient (Wildman–Crippen LogP) is 1.44. The second-order valence-electron chi connectivity index (χ2n) is 3.87. The zero-order valence-electron chi connectivity index (χ0n) is 10.9. The Kier molecular flexibility index (Phi) is 7.64. The maximum Gasteiger partial charge on any atom is 0.270 e. The number of carbonyl (C=O) groups excluding carboxylic acids is 1. The number of hydrogen-bond acceptors (Lipinski definition) is 4. The number of anilines is 1. The SMILES string of the molecule is Cc1nccn1CCNC(=O)c1cccc(N)n1.Cl.Cl. The van der Waals surface area contributed by atoms with Gasteiger partial charge in [-0.2, -0.15) is 0 Å². The summed E-state index contributed by atoms with van der Waals surface area (Å²) < 4.78 is 1.97. The number of pyridine rings is 1. The highest BCUT2D eigenvalue weighted by Gasteiger charge is 2.06. The molecule has 0 saturated carbocycles. The Morgan fingerprint density at radius 1 is 1.40 bits per heavy atom. The van der Waals surface area contributed by atoms with E-state index in [1.165, 1.54) is 0 Å². The number of rotatable bonds is 4. The van der Waals surface area contributed by atoms with Crippen LogP contribution in [0.15, 0.2) is 30.6 Å². The monoisotopic (exact) mass is 317 g/mol. The summed E-state index contributed by atoms with van der Waals surface area (Å²) in [5, 5.41) is 2.79. The van der Waals surface area contributed by atoms with Crippen LogP contribution in [0.4, 0.5) is 5.82 Å². The van der Waals surface area contributed by atoms with Crippen molar-refractivity contribution < 1.29 is 4.79 Å². The molecule has 3 N–H and O–H groups in total. The number of nitrogens with one attached hydrogen (secondary N) is 1. The molecule has 110 valence electrons. The van der Waals surface area contributed by atoms with E-state index in [1.54, 1.807) is 24.4 Å². The van der Waals surface area contributed by atoms with E-state index in [0.29, 0.717) is 24.6 Å². The predicted molar refractivity (Wildman–Crippen MR) is 82.4 cm³/mol. The minimum Gasteiger partial charge on any atom is -0.384 e. The van der Waals surface area contributed by atoms with Gasteiger partial charge in [-0.05, 0) is 19.1 Å². The number of hydrogen-bond donors (Lipinski definition) is 2. The first-order chi connectivity index (χ1) is 8.66. The molecule has 0 saturated heterocycles. The molecule has 2 aromatic rings. The molecule has 6 nitrogen and oxygen atoms in total. The van der Waals surface area contributed by atoms with Gasteiger partial charge in [-0.3, -0.25) is 4.79 Å². The second-order valence-corrected chi connectivity index (χ2v) is 3.87. The van der Waals surface area contributed by atoms with E-state index in [0.717, 1.165) is 5.82 Å².